The Bertz CT molecular complexity index is 2040. The molecule has 4 aromatic carbocycles. The molecule has 238 valence electrons. The summed E-state index contributed by atoms with van der Waals surface area (Å²) in [4.78, 5) is 59.8. The Labute approximate surface area is 279 Å². The third kappa shape index (κ3) is 4.18. The van der Waals surface area contributed by atoms with Gasteiger partial charge in [0.2, 0.25) is 11.8 Å². The van der Waals surface area contributed by atoms with Crippen molar-refractivity contribution in [3.05, 3.63) is 149 Å². The van der Waals surface area contributed by atoms with Crippen molar-refractivity contribution in [2.75, 3.05) is 4.90 Å². The van der Waals surface area contributed by atoms with E-state index in [1.165, 1.54) is 11.0 Å². The quantitative estimate of drug-likeness (QED) is 0.192. The van der Waals surface area contributed by atoms with E-state index in [0.717, 1.165) is 16.7 Å². The number of carbonyl (C=O) groups excluding carboxylic acids is 4. The first-order valence-electron chi connectivity index (χ1n) is 16.6. The van der Waals surface area contributed by atoms with Crippen molar-refractivity contribution in [1.29, 1.82) is 0 Å². The molecule has 0 radical (unpaired) electrons. The van der Waals surface area contributed by atoms with Crippen molar-refractivity contribution in [3.8, 4) is 5.75 Å². The first kappa shape index (κ1) is 30.0. The Kier molecular flexibility index (Phi) is 6.95. The molecule has 6 atom stereocenters. The van der Waals surface area contributed by atoms with Gasteiger partial charge in [-0.05, 0) is 78.6 Å². The number of hydrogen-bond acceptors (Lipinski definition) is 5. The molecule has 48 heavy (non-hydrogen) atoms. The van der Waals surface area contributed by atoms with Crippen LogP contribution in [0.25, 0.3) is 5.57 Å². The van der Waals surface area contributed by atoms with E-state index >= 15 is 9.59 Å². The van der Waals surface area contributed by atoms with Crippen molar-refractivity contribution in [2.24, 2.45) is 23.7 Å². The first-order valence-corrected chi connectivity index (χ1v) is 16.6. The zero-order chi connectivity index (χ0) is 33.3. The van der Waals surface area contributed by atoms with Gasteiger partial charge in [-0.25, -0.2) is 0 Å². The molecule has 0 spiro atoms. The number of anilines is 1. The minimum atomic E-state index is -1.30. The second-order valence-corrected chi connectivity index (χ2v) is 13.6. The van der Waals surface area contributed by atoms with E-state index in [0.29, 0.717) is 34.4 Å². The monoisotopic (exact) mass is 633 g/mol. The largest absolute Gasteiger partial charge is 0.507 e. The van der Waals surface area contributed by atoms with Gasteiger partial charge in [-0.2, -0.15) is 0 Å². The summed E-state index contributed by atoms with van der Waals surface area (Å²) in [5.74, 6) is -3.68. The van der Waals surface area contributed by atoms with E-state index in [9.17, 15) is 14.7 Å². The topological polar surface area (TPSA) is 91.8 Å². The number of ketones is 2. The number of carbonyl (C=O) groups is 4. The van der Waals surface area contributed by atoms with Crippen LogP contribution in [-0.2, 0) is 24.6 Å². The predicted octanol–water partition coefficient (Wildman–Crippen LogP) is 7.04. The van der Waals surface area contributed by atoms with Crippen LogP contribution >= 0.6 is 0 Å². The van der Waals surface area contributed by atoms with Crippen LogP contribution in [0.15, 0.2) is 121 Å². The van der Waals surface area contributed by atoms with E-state index in [-0.39, 0.29) is 35.6 Å². The number of hydrogen-bond donors (Lipinski definition) is 1. The zero-order valence-corrected chi connectivity index (χ0v) is 26.8. The van der Waals surface area contributed by atoms with Gasteiger partial charge in [-0.15, -0.1) is 0 Å². The fraction of sp³-hybridized carbons (Fsp3) is 0.238. The van der Waals surface area contributed by atoms with Crippen LogP contribution in [0.3, 0.4) is 0 Å². The molecule has 4 aromatic rings. The molecule has 1 saturated carbocycles. The summed E-state index contributed by atoms with van der Waals surface area (Å²) in [6, 6.07) is 31.7. The highest BCUT2D eigenvalue weighted by Gasteiger charge is 2.66. The SMILES string of the molecule is Cc1cc([C@H]2C3=CC[C@@H]4C(=O)N(c5ccccc5)C(=O)[C@@H]4[C@@H]3C[C@H]3C(=O)C(c4ccccc4)=CC(=O)[C@@]23c2ccccc2)cc(C)c1O. The minimum Gasteiger partial charge on any atom is -0.507 e. The van der Waals surface area contributed by atoms with E-state index in [1.54, 1.807) is 12.1 Å². The number of rotatable bonds is 4. The summed E-state index contributed by atoms with van der Waals surface area (Å²) in [6.45, 7) is 3.67. The number of aryl methyl sites for hydroxylation is 2. The van der Waals surface area contributed by atoms with Crippen LogP contribution in [0.1, 0.15) is 46.6 Å². The first-order chi connectivity index (χ1) is 23.2. The lowest BCUT2D eigenvalue weighted by atomic mass is 9.44. The van der Waals surface area contributed by atoms with Crippen molar-refractivity contribution in [3.63, 3.8) is 0 Å². The number of nitrogens with zero attached hydrogens (tertiary/aromatic N) is 1. The number of imide groups is 1. The molecule has 0 bridgehead atoms. The van der Waals surface area contributed by atoms with Crippen molar-refractivity contribution < 1.29 is 24.3 Å². The lowest BCUT2D eigenvalue weighted by Crippen LogP contribution is -2.58. The molecule has 6 nitrogen and oxygen atoms in total. The summed E-state index contributed by atoms with van der Waals surface area (Å²) in [6.07, 6.45) is 4.22. The van der Waals surface area contributed by atoms with Crippen LogP contribution in [0.5, 0.6) is 5.75 Å². The van der Waals surface area contributed by atoms with Gasteiger partial charge < -0.3 is 5.11 Å². The van der Waals surface area contributed by atoms with Crippen molar-refractivity contribution in [2.45, 2.75) is 38.0 Å². The van der Waals surface area contributed by atoms with E-state index in [2.05, 4.69) is 6.08 Å². The molecule has 2 amide bonds. The van der Waals surface area contributed by atoms with Gasteiger partial charge in [0.05, 0.1) is 22.9 Å². The molecular formula is C42H35NO5. The molecular weight excluding hydrogens is 598 g/mol. The molecule has 0 unspecified atom stereocenters. The van der Waals surface area contributed by atoms with E-state index in [4.69, 9.17) is 0 Å². The third-order valence-corrected chi connectivity index (χ3v) is 11.2. The van der Waals surface area contributed by atoms with Crippen molar-refractivity contribution in [1.82, 2.24) is 0 Å². The Morgan fingerprint density at radius 3 is 2.00 bits per heavy atom. The lowest BCUT2D eigenvalue weighted by molar-refractivity contribution is -0.135. The number of benzene rings is 4. The summed E-state index contributed by atoms with van der Waals surface area (Å²) in [5.41, 5.74) is 4.08. The Balaban J connectivity index is 1.38. The minimum absolute atomic E-state index is 0.139. The lowest BCUT2D eigenvalue weighted by Gasteiger charge is -2.55. The molecule has 1 heterocycles. The molecule has 1 aliphatic heterocycles. The predicted molar refractivity (Wildman–Crippen MR) is 183 cm³/mol. The van der Waals surface area contributed by atoms with Gasteiger partial charge in [0.1, 0.15) is 5.75 Å². The summed E-state index contributed by atoms with van der Waals surface area (Å²) in [7, 11) is 0. The number of fused-ring (bicyclic) bond motifs is 4. The van der Waals surface area contributed by atoms with Gasteiger partial charge in [0.15, 0.2) is 11.6 Å². The van der Waals surface area contributed by atoms with Gasteiger partial charge in [0.25, 0.3) is 0 Å². The second-order valence-electron chi connectivity index (χ2n) is 13.6. The van der Waals surface area contributed by atoms with Crippen LogP contribution in [0.2, 0.25) is 0 Å². The zero-order valence-electron chi connectivity index (χ0n) is 26.8. The maximum atomic E-state index is 15.1. The fourth-order valence-electron chi connectivity index (χ4n) is 9.24. The maximum Gasteiger partial charge on any atom is 0.238 e. The Morgan fingerprint density at radius 2 is 1.35 bits per heavy atom. The van der Waals surface area contributed by atoms with Crippen LogP contribution in [0.4, 0.5) is 5.69 Å². The highest BCUT2D eigenvalue weighted by atomic mass is 16.3. The third-order valence-electron chi connectivity index (χ3n) is 11.2. The molecule has 3 aliphatic carbocycles. The number of phenols is 1. The van der Waals surface area contributed by atoms with E-state index < -0.39 is 35.0 Å². The number of amides is 2. The van der Waals surface area contributed by atoms with Gasteiger partial charge in [-0.1, -0.05) is 103 Å². The fourth-order valence-corrected chi connectivity index (χ4v) is 9.24. The smallest absolute Gasteiger partial charge is 0.238 e. The van der Waals surface area contributed by atoms with Crippen LogP contribution in [-0.4, -0.2) is 28.5 Å². The summed E-state index contributed by atoms with van der Waals surface area (Å²) >= 11 is 0. The number of para-hydroxylation sites is 1. The van der Waals surface area contributed by atoms with Crippen LogP contribution in [0, 0.1) is 37.5 Å². The van der Waals surface area contributed by atoms with Crippen LogP contribution < -0.4 is 4.90 Å². The molecule has 0 aromatic heterocycles. The highest BCUT2D eigenvalue weighted by molar-refractivity contribution is 6.32. The molecule has 4 aliphatic rings. The van der Waals surface area contributed by atoms with Crippen molar-refractivity contribution >= 4 is 34.6 Å². The molecule has 8 rings (SSSR count). The number of phenolic OH excluding ortho intramolecular Hbond substituents is 1. The number of aromatic hydroxyl groups is 1. The standard InChI is InChI=1S/C42H35NO5/c1-24-20-27(21-25(2)38(24)45)37-30-18-19-31-36(41(48)43(40(31)47)29-16-10-5-11-17-29)33(30)22-34-39(46)32(26-12-6-3-7-13-26)23-35(44)42(34,37)28-14-8-4-9-15-28/h3-18,20-21,23,31,33-34,36-37,45H,19,22H2,1-2H3/t31-,33+,34-,36-,37-,42-/m0/s1. The molecule has 1 N–H and O–H groups in total. The average molecular weight is 634 g/mol. The van der Waals surface area contributed by atoms with Gasteiger partial charge >= 0.3 is 0 Å². The Hall–Kier alpha value is -5.36. The van der Waals surface area contributed by atoms with E-state index in [1.807, 2.05) is 105 Å². The van der Waals surface area contributed by atoms with Gasteiger partial charge in [-0.3, -0.25) is 24.1 Å². The summed E-state index contributed by atoms with van der Waals surface area (Å²) < 4.78 is 0. The number of Topliss-reactive ketones (excluding diaryl/α,β-unsaturated/α-hetero) is 1. The molecule has 6 heteroatoms. The highest BCUT2D eigenvalue weighted by Crippen LogP contribution is 2.64. The normalized spacial score (nSPS) is 28.0. The second kappa shape index (κ2) is 11.1. The Morgan fingerprint density at radius 1 is 0.750 bits per heavy atom. The maximum absolute atomic E-state index is 15.1. The molecule has 2 fully saturated rings. The molecule has 1 saturated heterocycles. The number of allylic oxidation sites excluding steroid dienone is 4. The van der Waals surface area contributed by atoms with Gasteiger partial charge in [0, 0.05) is 17.4 Å². The average Bonchev–Trinajstić information content (AvgIpc) is 3.37. The summed E-state index contributed by atoms with van der Waals surface area (Å²) in [5, 5.41) is 10.8.